The van der Waals surface area contributed by atoms with Gasteiger partial charge in [0, 0.05) is 5.75 Å². The van der Waals surface area contributed by atoms with E-state index in [1.807, 2.05) is 0 Å². The molecule has 16 heavy (non-hydrogen) atoms. The second-order valence-corrected chi connectivity index (χ2v) is 4.94. The van der Waals surface area contributed by atoms with E-state index in [1.165, 1.54) is 6.07 Å². The number of aryl methyl sites for hydroxylation is 1. The molecule has 1 aromatic carbocycles. The highest BCUT2D eigenvalue weighted by atomic mass is 32.2. The Balaban J connectivity index is 2.78. The van der Waals surface area contributed by atoms with Crippen LogP contribution >= 0.6 is 0 Å². The zero-order valence-electron chi connectivity index (χ0n) is 8.67. The molecule has 1 unspecified atom stereocenters. The van der Waals surface area contributed by atoms with Gasteiger partial charge < -0.3 is 5.73 Å². The number of nitrogen functional groups attached to an aromatic ring is 1. The van der Waals surface area contributed by atoms with Crippen molar-refractivity contribution in [1.82, 2.24) is 0 Å². The predicted octanol–water partition coefficient (Wildman–Crippen LogP) is 2.64. The van der Waals surface area contributed by atoms with Gasteiger partial charge in [-0.15, -0.1) is 0 Å². The number of benzene rings is 1. The minimum atomic E-state index is -4.28. The molecule has 0 bridgehead atoms. The summed E-state index contributed by atoms with van der Waals surface area (Å²) >= 11 is 0. The van der Waals surface area contributed by atoms with Gasteiger partial charge in [0.1, 0.15) is 0 Å². The summed E-state index contributed by atoms with van der Waals surface area (Å²) < 4.78 is 47.4. The van der Waals surface area contributed by atoms with Gasteiger partial charge in [0.05, 0.1) is 27.8 Å². The molecule has 2 nitrogen and oxygen atoms in total. The monoisotopic (exact) mass is 251 g/mol. The molecule has 2 N–H and O–H groups in total. The van der Waals surface area contributed by atoms with Gasteiger partial charge in [-0.1, -0.05) is 12.1 Å². The van der Waals surface area contributed by atoms with Crippen molar-refractivity contribution in [3.8, 4) is 0 Å². The number of nitrogens with two attached hydrogens (primary N) is 1. The summed E-state index contributed by atoms with van der Waals surface area (Å²) in [5.41, 5.74) is 6.68. The molecule has 90 valence electrons. The van der Waals surface area contributed by atoms with Crippen LogP contribution in [0.5, 0.6) is 0 Å². The number of hydrogen-bond donors (Lipinski definition) is 1. The van der Waals surface area contributed by atoms with Gasteiger partial charge in [-0.25, -0.2) is 0 Å². The summed E-state index contributed by atoms with van der Waals surface area (Å²) in [5.74, 6) is -0.447. The van der Waals surface area contributed by atoms with Crippen LogP contribution in [0.4, 0.5) is 18.9 Å². The van der Waals surface area contributed by atoms with Gasteiger partial charge in [-0.2, -0.15) is 13.2 Å². The molecule has 0 saturated heterocycles. The van der Waals surface area contributed by atoms with Crippen molar-refractivity contribution in [2.75, 3.05) is 11.5 Å². The largest absolute Gasteiger partial charge is 0.398 e. The number of hydrogen-bond acceptors (Lipinski definition) is 2. The summed E-state index contributed by atoms with van der Waals surface area (Å²) in [7, 11) is -1.70. The van der Waals surface area contributed by atoms with E-state index in [9.17, 15) is 17.4 Å². The Morgan fingerprint density at radius 1 is 1.38 bits per heavy atom. The van der Waals surface area contributed by atoms with Gasteiger partial charge in [0.15, 0.2) is 0 Å². The molecular weight excluding hydrogens is 239 g/mol. The van der Waals surface area contributed by atoms with Crippen LogP contribution in [-0.4, -0.2) is 16.1 Å². The summed E-state index contributed by atoms with van der Waals surface area (Å²) in [6.07, 6.45) is -5.35. The molecule has 0 radical (unpaired) electrons. The Bertz CT molecular complexity index is 404. The molecule has 0 aliphatic carbocycles. The van der Waals surface area contributed by atoms with Crippen LogP contribution in [0.25, 0.3) is 0 Å². The van der Waals surface area contributed by atoms with E-state index >= 15 is 0 Å². The summed E-state index contributed by atoms with van der Waals surface area (Å²) in [5, 5.41) is 0. The average molecular weight is 251 g/mol. The third-order valence-corrected chi connectivity index (χ3v) is 3.52. The number of alkyl halides is 3. The maximum absolute atomic E-state index is 11.9. The van der Waals surface area contributed by atoms with Crippen LogP contribution < -0.4 is 5.73 Å². The van der Waals surface area contributed by atoms with Gasteiger partial charge in [-0.3, -0.25) is 4.21 Å². The Morgan fingerprint density at radius 2 is 2.00 bits per heavy atom. The van der Waals surface area contributed by atoms with Crippen molar-refractivity contribution >= 4 is 16.5 Å². The summed E-state index contributed by atoms with van der Waals surface area (Å²) in [4.78, 5) is 0.282. The summed E-state index contributed by atoms with van der Waals surface area (Å²) in [6.45, 7) is 1.72. The third kappa shape index (κ3) is 3.52. The first-order valence-corrected chi connectivity index (χ1v) is 5.93. The van der Waals surface area contributed by atoms with E-state index in [0.717, 1.165) is 5.56 Å². The lowest BCUT2D eigenvalue weighted by Gasteiger charge is -2.09. The molecule has 1 aromatic rings. The van der Waals surface area contributed by atoms with E-state index in [-0.39, 0.29) is 4.90 Å². The molecule has 0 heterocycles. The van der Waals surface area contributed by atoms with Crippen LogP contribution in [-0.2, 0) is 10.8 Å². The Hall–Kier alpha value is -1.04. The quantitative estimate of drug-likeness (QED) is 0.839. The van der Waals surface area contributed by atoms with Crippen LogP contribution in [0.2, 0.25) is 0 Å². The molecule has 0 saturated carbocycles. The smallest absolute Gasteiger partial charge is 0.390 e. The highest BCUT2D eigenvalue weighted by Gasteiger charge is 2.28. The lowest BCUT2D eigenvalue weighted by molar-refractivity contribution is -0.129. The minimum absolute atomic E-state index is 0.282. The predicted molar refractivity (Wildman–Crippen MR) is 57.5 cm³/mol. The van der Waals surface area contributed by atoms with E-state index < -0.39 is 29.1 Å². The Kier molecular flexibility index (Phi) is 3.96. The van der Waals surface area contributed by atoms with E-state index in [1.54, 1.807) is 19.1 Å². The lowest BCUT2D eigenvalue weighted by Crippen LogP contribution is -2.13. The molecule has 6 heteroatoms. The van der Waals surface area contributed by atoms with Gasteiger partial charge in [0.2, 0.25) is 0 Å². The van der Waals surface area contributed by atoms with Crippen molar-refractivity contribution in [3.05, 3.63) is 23.8 Å². The maximum Gasteiger partial charge on any atom is 0.390 e. The van der Waals surface area contributed by atoms with E-state index in [0.29, 0.717) is 5.69 Å². The molecule has 0 spiro atoms. The van der Waals surface area contributed by atoms with Gasteiger partial charge >= 0.3 is 6.18 Å². The third-order valence-electron chi connectivity index (χ3n) is 2.10. The van der Waals surface area contributed by atoms with E-state index in [4.69, 9.17) is 5.73 Å². The van der Waals surface area contributed by atoms with Crippen molar-refractivity contribution < 1.29 is 17.4 Å². The number of para-hydroxylation sites is 1. The fraction of sp³-hybridized carbons (Fsp3) is 0.400. The van der Waals surface area contributed by atoms with Crippen molar-refractivity contribution in [3.63, 3.8) is 0 Å². The van der Waals surface area contributed by atoms with Gasteiger partial charge in [0.25, 0.3) is 0 Å². The fourth-order valence-corrected chi connectivity index (χ4v) is 2.44. The zero-order valence-corrected chi connectivity index (χ0v) is 9.49. The first kappa shape index (κ1) is 13.0. The number of rotatable bonds is 3. The SMILES string of the molecule is Cc1cccc(S(=O)CCC(F)(F)F)c1N. The highest BCUT2D eigenvalue weighted by molar-refractivity contribution is 7.85. The normalized spacial score (nSPS) is 13.8. The fourth-order valence-electron chi connectivity index (χ4n) is 1.17. The molecule has 0 aliphatic rings. The van der Waals surface area contributed by atoms with Crippen LogP contribution in [0.15, 0.2) is 23.1 Å². The second-order valence-electron chi connectivity index (χ2n) is 3.40. The molecular formula is C10H12F3NOS. The topological polar surface area (TPSA) is 43.1 Å². The first-order chi connectivity index (χ1) is 7.31. The van der Waals surface area contributed by atoms with Crippen molar-refractivity contribution in [2.24, 2.45) is 0 Å². The number of halogens is 3. The van der Waals surface area contributed by atoms with E-state index in [2.05, 4.69) is 0 Å². The zero-order chi connectivity index (χ0) is 12.3. The highest BCUT2D eigenvalue weighted by Crippen LogP contribution is 2.24. The molecule has 0 fully saturated rings. The van der Waals surface area contributed by atoms with Crippen LogP contribution in [0, 0.1) is 6.92 Å². The summed E-state index contributed by atoms with van der Waals surface area (Å²) in [6, 6.07) is 4.85. The van der Waals surface area contributed by atoms with Crippen LogP contribution in [0.3, 0.4) is 0 Å². The minimum Gasteiger partial charge on any atom is -0.398 e. The van der Waals surface area contributed by atoms with Crippen LogP contribution in [0.1, 0.15) is 12.0 Å². The molecule has 1 rings (SSSR count). The Labute approximate surface area is 94.1 Å². The van der Waals surface area contributed by atoms with Crippen molar-refractivity contribution in [1.29, 1.82) is 0 Å². The average Bonchev–Trinajstić information content (AvgIpc) is 2.17. The second kappa shape index (κ2) is 4.86. The molecule has 0 aromatic heterocycles. The number of anilines is 1. The molecule has 0 amide bonds. The molecule has 0 aliphatic heterocycles. The Morgan fingerprint density at radius 3 is 2.56 bits per heavy atom. The van der Waals surface area contributed by atoms with Gasteiger partial charge in [-0.05, 0) is 18.6 Å². The maximum atomic E-state index is 11.9. The standard InChI is InChI=1S/C10H12F3NOS/c1-7-3-2-4-8(9(7)14)16(15)6-5-10(11,12)13/h2-4H,5-6,14H2,1H3. The molecule has 1 atom stereocenters. The first-order valence-electron chi connectivity index (χ1n) is 4.61. The van der Waals surface area contributed by atoms with Crippen molar-refractivity contribution in [2.45, 2.75) is 24.4 Å². The lowest BCUT2D eigenvalue weighted by atomic mass is 10.2.